The summed E-state index contributed by atoms with van der Waals surface area (Å²) in [7, 11) is -5.17. The van der Waals surface area contributed by atoms with Gasteiger partial charge in [-0.1, -0.05) is 24.3 Å². The molecule has 0 aliphatic heterocycles. The Morgan fingerprint density at radius 1 is 0.500 bits per heavy atom. The zero-order valence-corrected chi connectivity index (χ0v) is 29.5. The van der Waals surface area contributed by atoms with Crippen LogP contribution in [0.4, 0.5) is 21.0 Å². The van der Waals surface area contributed by atoms with Crippen molar-refractivity contribution >= 4 is 43.7 Å². The Morgan fingerprint density at radius 3 is 1.19 bits per heavy atom. The third-order valence-electron chi connectivity index (χ3n) is 7.23. The van der Waals surface area contributed by atoms with E-state index >= 15 is 0 Å². The average molecular weight is 747 g/mol. The van der Waals surface area contributed by atoms with Crippen LogP contribution < -0.4 is 39.1 Å². The second-order valence-corrected chi connectivity index (χ2v) is 14.0. The molecule has 0 aromatic heterocycles. The highest BCUT2D eigenvalue weighted by Crippen LogP contribution is 2.24. The molecule has 0 unspecified atom stereocenters. The molecule has 14 nitrogen and oxygen atoms in total. The number of benzene rings is 5. The fourth-order valence-corrected chi connectivity index (χ4v) is 6.45. The van der Waals surface area contributed by atoms with E-state index < -0.39 is 32.3 Å². The minimum Gasteiger partial charge on any atom is -0.497 e. The molecule has 5 aromatic carbocycles. The van der Waals surface area contributed by atoms with Gasteiger partial charge < -0.3 is 39.1 Å². The molecule has 16 heteroatoms. The zero-order chi connectivity index (χ0) is 37.1. The second-order valence-electron chi connectivity index (χ2n) is 10.9. The van der Waals surface area contributed by atoms with Crippen LogP contribution in [0.25, 0.3) is 0 Å². The monoisotopic (exact) mass is 746 g/mol. The number of amides is 4. The van der Waals surface area contributed by atoms with Crippen molar-refractivity contribution in [2.75, 3.05) is 24.9 Å². The quantitative estimate of drug-likeness (QED) is 0.1000. The fraction of sp³-hybridized carbons (Fsp3) is 0.111. The number of hydrogen-bond acceptors (Lipinski definition) is 10. The summed E-state index contributed by atoms with van der Waals surface area (Å²) in [5.74, 6) is 1.16. The van der Waals surface area contributed by atoms with Crippen molar-refractivity contribution in [1.82, 2.24) is 10.6 Å². The number of carbonyl (C=O) groups is 2. The van der Waals surface area contributed by atoms with E-state index in [0.717, 1.165) is 11.1 Å². The Bertz CT molecular complexity index is 2060. The maximum Gasteiger partial charge on any atom is 0.339 e. The Hall–Kier alpha value is -6.26. The predicted octanol–water partition coefficient (Wildman–Crippen LogP) is 5.88. The zero-order valence-electron chi connectivity index (χ0n) is 27.9. The van der Waals surface area contributed by atoms with Crippen LogP contribution in [0.1, 0.15) is 11.1 Å². The van der Waals surface area contributed by atoms with Gasteiger partial charge >= 0.3 is 32.3 Å². The van der Waals surface area contributed by atoms with E-state index in [1.165, 1.54) is 111 Å². The van der Waals surface area contributed by atoms with Crippen molar-refractivity contribution in [2.24, 2.45) is 0 Å². The Balaban J connectivity index is 1.05. The van der Waals surface area contributed by atoms with Crippen molar-refractivity contribution < 1.29 is 44.3 Å². The molecule has 0 radical (unpaired) electrons. The molecule has 0 spiro atoms. The summed E-state index contributed by atoms with van der Waals surface area (Å²) >= 11 is 0. The van der Waals surface area contributed by atoms with Gasteiger partial charge in [-0.2, -0.15) is 16.8 Å². The second kappa shape index (κ2) is 16.6. The van der Waals surface area contributed by atoms with Crippen molar-refractivity contribution in [3.8, 4) is 23.0 Å². The first-order valence-corrected chi connectivity index (χ1v) is 18.3. The molecular formula is C36H34N4O10S2. The minimum atomic E-state index is -4.06. The van der Waals surface area contributed by atoms with E-state index in [-0.39, 0.29) is 34.4 Å². The Kier molecular flexibility index (Phi) is 11.8. The molecule has 270 valence electrons. The van der Waals surface area contributed by atoms with Gasteiger partial charge in [0.25, 0.3) is 0 Å². The number of nitrogens with one attached hydrogen (secondary N) is 4. The standard InChI is InChI=1S/C36H34N4O10S2/c1-47-29-14-18-33(19-15-29)51(43,44)49-31-10-6-27(7-11-31)39-35(41)37-23-25-4-3-5-26(22-25)24-38-36(42)40-28-8-12-32(13-9-28)50-52(45,46)34-20-16-30(48-2)17-21-34/h3-22H,23-24H2,1-2H3,(H2,37,39,41)(H2,38,40,42). The summed E-state index contributed by atoms with van der Waals surface area (Å²) in [6.07, 6.45) is 0. The molecule has 0 saturated heterocycles. The van der Waals surface area contributed by atoms with Crippen LogP contribution >= 0.6 is 0 Å². The molecule has 4 N–H and O–H groups in total. The molecule has 5 aromatic rings. The van der Waals surface area contributed by atoms with Crippen LogP contribution in [-0.2, 0) is 33.3 Å². The van der Waals surface area contributed by atoms with Crippen LogP contribution in [0.5, 0.6) is 23.0 Å². The lowest BCUT2D eigenvalue weighted by Gasteiger charge is -2.11. The molecule has 0 aliphatic rings. The van der Waals surface area contributed by atoms with E-state index in [1.54, 1.807) is 6.07 Å². The van der Waals surface area contributed by atoms with Crippen LogP contribution in [0.15, 0.2) is 131 Å². The molecule has 0 saturated carbocycles. The van der Waals surface area contributed by atoms with Gasteiger partial charge in [0.1, 0.15) is 32.8 Å². The lowest BCUT2D eigenvalue weighted by molar-refractivity contribution is 0.251. The van der Waals surface area contributed by atoms with Gasteiger partial charge in [-0.25, -0.2) is 9.59 Å². The summed E-state index contributed by atoms with van der Waals surface area (Å²) in [6.45, 7) is 0.381. The van der Waals surface area contributed by atoms with Gasteiger partial charge in [0.05, 0.1) is 14.2 Å². The van der Waals surface area contributed by atoms with Gasteiger partial charge in [-0.3, -0.25) is 0 Å². The van der Waals surface area contributed by atoms with E-state index in [2.05, 4.69) is 21.3 Å². The van der Waals surface area contributed by atoms with Crippen LogP contribution in [0.2, 0.25) is 0 Å². The van der Waals surface area contributed by atoms with Crippen LogP contribution in [0.3, 0.4) is 0 Å². The van der Waals surface area contributed by atoms with Crippen molar-refractivity contribution in [2.45, 2.75) is 22.9 Å². The number of hydrogen-bond donors (Lipinski definition) is 4. The first-order valence-electron chi connectivity index (χ1n) is 15.5. The van der Waals surface area contributed by atoms with E-state index in [4.69, 9.17) is 17.8 Å². The molecule has 0 aliphatic carbocycles. The minimum absolute atomic E-state index is 0.0321. The van der Waals surface area contributed by atoms with Gasteiger partial charge in [0.2, 0.25) is 0 Å². The highest BCUT2D eigenvalue weighted by Gasteiger charge is 2.18. The maximum absolute atomic E-state index is 12.6. The summed E-state index contributed by atoms with van der Waals surface area (Å²) in [5.41, 5.74) is 2.39. The highest BCUT2D eigenvalue weighted by molar-refractivity contribution is 7.87. The van der Waals surface area contributed by atoms with Crippen molar-refractivity contribution in [3.05, 3.63) is 132 Å². The average Bonchev–Trinajstić information content (AvgIpc) is 3.15. The van der Waals surface area contributed by atoms with Gasteiger partial charge in [-0.05, 0) is 108 Å². The Labute approximate surface area is 300 Å². The Morgan fingerprint density at radius 2 is 0.846 bits per heavy atom. The highest BCUT2D eigenvalue weighted by atomic mass is 32.2. The number of ether oxygens (including phenoxy) is 2. The van der Waals surface area contributed by atoms with Gasteiger partial charge in [-0.15, -0.1) is 0 Å². The van der Waals surface area contributed by atoms with Crippen LogP contribution in [-0.4, -0.2) is 43.1 Å². The summed E-state index contributed by atoms with van der Waals surface area (Å²) in [5, 5.41) is 10.8. The summed E-state index contributed by atoms with van der Waals surface area (Å²) < 4.78 is 70.7. The van der Waals surface area contributed by atoms with Crippen molar-refractivity contribution in [1.29, 1.82) is 0 Å². The van der Waals surface area contributed by atoms with Crippen molar-refractivity contribution in [3.63, 3.8) is 0 Å². The van der Waals surface area contributed by atoms with Crippen LogP contribution in [0, 0.1) is 0 Å². The van der Waals surface area contributed by atoms with E-state index in [1.807, 2.05) is 18.2 Å². The lowest BCUT2D eigenvalue weighted by atomic mass is 10.1. The molecule has 0 heterocycles. The number of anilines is 2. The predicted molar refractivity (Wildman–Crippen MR) is 193 cm³/mol. The maximum atomic E-state index is 12.6. The summed E-state index contributed by atoms with van der Waals surface area (Å²) in [4.78, 5) is 25.0. The first-order chi connectivity index (χ1) is 24.9. The number of carbonyl (C=O) groups excluding carboxylic acids is 2. The third kappa shape index (κ3) is 10.4. The number of rotatable bonds is 14. The van der Waals surface area contributed by atoms with E-state index in [9.17, 15) is 26.4 Å². The smallest absolute Gasteiger partial charge is 0.339 e. The molecule has 0 bridgehead atoms. The normalized spacial score (nSPS) is 11.1. The molecule has 4 amide bonds. The van der Waals surface area contributed by atoms with E-state index in [0.29, 0.717) is 22.9 Å². The molecule has 52 heavy (non-hydrogen) atoms. The molecule has 0 fully saturated rings. The summed E-state index contributed by atoms with van der Waals surface area (Å²) in [6, 6.07) is 29.5. The largest absolute Gasteiger partial charge is 0.497 e. The SMILES string of the molecule is COc1ccc(S(=O)(=O)Oc2ccc(NC(=O)NCc3cccc(CNC(=O)Nc4ccc(OS(=O)(=O)c5ccc(OC)cc5)cc4)c3)cc2)cc1. The topological polar surface area (TPSA) is 187 Å². The first kappa shape index (κ1) is 37.0. The number of methoxy groups -OCH3 is 2. The molecule has 5 rings (SSSR count). The fourth-order valence-electron chi connectivity index (χ4n) is 4.59. The molecule has 0 atom stereocenters. The van der Waals surface area contributed by atoms with Gasteiger partial charge in [0.15, 0.2) is 0 Å². The molecular weight excluding hydrogens is 713 g/mol. The number of urea groups is 2. The lowest BCUT2D eigenvalue weighted by Crippen LogP contribution is -2.29. The van der Waals surface area contributed by atoms with Gasteiger partial charge in [0, 0.05) is 24.5 Å². The third-order valence-corrected chi connectivity index (χ3v) is 9.75.